The lowest BCUT2D eigenvalue weighted by Crippen LogP contribution is -2.22. The van der Waals surface area contributed by atoms with Gasteiger partial charge >= 0.3 is 5.97 Å². The molecule has 3 heteroatoms. The van der Waals surface area contributed by atoms with E-state index < -0.39 is 0 Å². The van der Waals surface area contributed by atoms with Gasteiger partial charge in [-0.05, 0) is 38.5 Å². The van der Waals surface area contributed by atoms with Crippen molar-refractivity contribution in [3.05, 3.63) is 12.2 Å². The molecule has 0 aliphatic heterocycles. The van der Waals surface area contributed by atoms with Gasteiger partial charge in [-0.1, -0.05) is 6.58 Å². The largest absolute Gasteiger partial charge is 0.462 e. The van der Waals surface area contributed by atoms with Crippen LogP contribution in [-0.4, -0.2) is 23.8 Å². The van der Waals surface area contributed by atoms with Gasteiger partial charge in [-0.3, -0.25) is 0 Å². The van der Waals surface area contributed by atoms with E-state index in [1.54, 1.807) is 6.92 Å². The lowest BCUT2D eigenvalue weighted by atomic mass is 9.88. The Bertz CT molecular complexity index is 215. The Morgan fingerprint density at radius 1 is 1.43 bits per heavy atom. The third-order valence-electron chi connectivity index (χ3n) is 2.61. The number of hydrogen-bond donors (Lipinski definition) is 1. The Hall–Kier alpha value is -0.830. The van der Waals surface area contributed by atoms with E-state index in [-0.39, 0.29) is 12.1 Å². The average Bonchev–Trinajstić information content (AvgIpc) is 2.16. The SMILES string of the molecule is C=C(C)C(=O)OCC1CCC(O)CC1. The molecule has 1 fully saturated rings. The van der Waals surface area contributed by atoms with Crippen molar-refractivity contribution in [3.8, 4) is 0 Å². The summed E-state index contributed by atoms with van der Waals surface area (Å²) >= 11 is 0. The normalized spacial score (nSPS) is 27.0. The summed E-state index contributed by atoms with van der Waals surface area (Å²) < 4.78 is 5.06. The van der Waals surface area contributed by atoms with Gasteiger partial charge in [0.2, 0.25) is 0 Å². The number of carbonyl (C=O) groups is 1. The van der Waals surface area contributed by atoms with Gasteiger partial charge in [0, 0.05) is 5.57 Å². The maximum atomic E-state index is 11.1. The van der Waals surface area contributed by atoms with Crippen molar-refractivity contribution in [2.24, 2.45) is 5.92 Å². The first-order valence-corrected chi connectivity index (χ1v) is 5.10. The monoisotopic (exact) mass is 198 g/mol. The van der Waals surface area contributed by atoms with Gasteiger partial charge in [0.05, 0.1) is 12.7 Å². The Morgan fingerprint density at radius 3 is 2.50 bits per heavy atom. The number of aliphatic hydroxyl groups is 1. The molecule has 0 unspecified atom stereocenters. The van der Waals surface area contributed by atoms with E-state index in [1.807, 2.05) is 0 Å². The molecule has 0 amide bonds. The summed E-state index contributed by atoms with van der Waals surface area (Å²) in [6.45, 7) is 5.63. The molecule has 0 atom stereocenters. The van der Waals surface area contributed by atoms with Gasteiger partial charge in [0.25, 0.3) is 0 Å². The Kier molecular flexibility index (Phi) is 4.14. The van der Waals surface area contributed by atoms with Crippen LogP contribution in [0.4, 0.5) is 0 Å². The smallest absolute Gasteiger partial charge is 0.333 e. The van der Waals surface area contributed by atoms with Gasteiger partial charge in [0.15, 0.2) is 0 Å². The molecule has 0 aromatic rings. The zero-order valence-electron chi connectivity index (χ0n) is 8.66. The van der Waals surface area contributed by atoms with Crippen molar-refractivity contribution in [1.29, 1.82) is 0 Å². The summed E-state index contributed by atoms with van der Waals surface area (Å²) in [5.74, 6) is 0.109. The first-order chi connectivity index (χ1) is 6.59. The van der Waals surface area contributed by atoms with Crippen LogP contribution >= 0.6 is 0 Å². The predicted octanol–water partition coefficient (Wildman–Crippen LogP) is 1.66. The number of ether oxygens (including phenoxy) is 1. The third kappa shape index (κ3) is 3.50. The number of esters is 1. The predicted molar refractivity (Wildman–Crippen MR) is 53.7 cm³/mol. The van der Waals surface area contributed by atoms with Crippen LogP contribution in [0.5, 0.6) is 0 Å². The topological polar surface area (TPSA) is 46.5 Å². The first-order valence-electron chi connectivity index (χ1n) is 5.10. The molecule has 0 saturated heterocycles. The zero-order valence-corrected chi connectivity index (χ0v) is 8.66. The van der Waals surface area contributed by atoms with Gasteiger partial charge in [0.1, 0.15) is 0 Å². The van der Waals surface area contributed by atoms with Gasteiger partial charge < -0.3 is 9.84 Å². The Labute approximate surface area is 84.8 Å². The van der Waals surface area contributed by atoms with Crippen LogP contribution in [0.25, 0.3) is 0 Å². The molecule has 0 aromatic heterocycles. The number of carbonyl (C=O) groups excluding carboxylic acids is 1. The van der Waals surface area contributed by atoms with Gasteiger partial charge in [-0.15, -0.1) is 0 Å². The van der Waals surface area contributed by atoms with Gasteiger partial charge in [-0.25, -0.2) is 4.79 Å². The summed E-state index contributed by atoms with van der Waals surface area (Å²) in [6.07, 6.45) is 3.41. The zero-order chi connectivity index (χ0) is 10.6. The molecule has 0 aromatic carbocycles. The maximum Gasteiger partial charge on any atom is 0.333 e. The summed E-state index contributed by atoms with van der Waals surface area (Å²) in [5, 5.41) is 9.27. The third-order valence-corrected chi connectivity index (χ3v) is 2.61. The summed E-state index contributed by atoms with van der Waals surface area (Å²) in [6, 6.07) is 0. The number of rotatable bonds is 3. The van der Waals surface area contributed by atoms with Crippen LogP contribution in [0.15, 0.2) is 12.2 Å². The molecule has 1 saturated carbocycles. The highest BCUT2D eigenvalue weighted by atomic mass is 16.5. The van der Waals surface area contributed by atoms with Crippen molar-refractivity contribution in [3.63, 3.8) is 0 Å². The maximum absolute atomic E-state index is 11.1. The van der Waals surface area contributed by atoms with E-state index in [9.17, 15) is 9.90 Å². The van der Waals surface area contributed by atoms with Crippen LogP contribution in [0.2, 0.25) is 0 Å². The minimum atomic E-state index is -0.309. The molecule has 80 valence electrons. The van der Waals surface area contributed by atoms with Crippen molar-refractivity contribution < 1.29 is 14.6 Å². The molecular weight excluding hydrogens is 180 g/mol. The van der Waals surface area contributed by atoms with E-state index in [0.717, 1.165) is 25.7 Å². The van der Waals surface area contributed by atoms with E-state index in [2.05, 4.69) is 6.58 Å². The highest BCUT2D eigenvalue weighted by Gasteiger charge is 2.20. The van der Waals surface area contributed by atoms with Gasteiger partial charge in [-0.2, -0.15) is 0 Å². The molecule has 1 rings (SSSR count). The lowest BCUT2D eigenvalue weighted by molar-refractivity contribution is -0.140. The quantitative estimate of drug-likeness (QED) is 0.554. The highest BCUT2D eigenvalue weighted by molar-refractivity contribution is 5.86. The fourth-order valence-electron chi connectivity index (χ4n) is 1.63. The molecule has 1 aliphatic rings. The van der Waals surface area contributed by atoms with E-state index in [0.29, 0.717) is 18.1 Å². The molecule has 3 nitrogen and oxygen atoms in total. The van der Waals surface area contributed by atoms with E-state index >= 15 is 0 Å². The second-order valence-electron chi connectivity index (χ2n) is 4.05. The second-order valence-corrected chi connectivity index (χ2v) is 4.05. The van der Waals surface area contributed by atoms with Crippen molar-refractivity contribution in [1.82, 2.24) is 0 Å². The number of aliphatic hydroxyl groups excluding tert-OH is 1. The average molecular weight is 198 g/mol. The van der Waals surface area contributed by atoms with E-state index in [1.165, 1.54) is 0 Å². The minimum absolute atomic E-state index is 0.150. The molecule has 0 heterocycles. The van der Waals surface area contributed by atoms with Crippen LogP contribution < -0.4 is 0 Å². The fourth-order valence-corrected chi connectivity index (χ4v) is 1.63. The molecule has 14 heavy (non-hydrogen) atoms. The number of hydrogen-bond acceptors (Lipinski definition) is 3. The second kappa shape index (κ2) is 5.15. The fraction of sp³-hybridized carbons (Fsp3) is 0.727. The highest BCUT2D eigenvalue weighted by Crippen LogP contribution is 2.24. The molecule has 1 N–H and O–H groups in total. The minimum Gasteiger partial charge on any atom is -0.462 e. The summed E-state index contributed by atoms with van der Waals surface area (Å²) in [7, 11) is 0. The first kappa shape index (κ1) is 11.2. The van der Waals surface area contributed by atoms with Crippen LogP contribution in [0, 0.1) is 5.92 Å². The Balaban J connectivity index is 2.19. The molecule has 0 bridgehead atoms. The van der Waals surface area contributed by atoms with Crippen LogP contribution in [0.1, 0.15) is 32.6 Å². The molecule has 0 spiro atoms. The molecule has 0 radical (unpaired) electrons. The Morgan fingerprint density at radius 2 is 2.00 bits per heavy atom. The van der Waals surface area contributed by atoms with Crippen molar-refractivity contribution >= 4 is 5.97 Å². The van der Waals surface area contributed by atoms with Crippen molar-refractivity contribution in [2.45, 2.75) is 38.7 Å². The van der Waals surface area contributed by atoms with Crippen molar-refractivity contribution in [2.75, 3.05) is 6.61 Å². The molecular formula is C11H18O3. The standard InChI is InChI=1S/C11H18O3/c1-8(2)11(13)14-7-9-3-5-10(12)6-4-9/h9-10,12H,1,3-7H2,2H3. The van der Waals surface area contributed by atoms with Crippen LogP contribution in [-0.2, 0) is 9.53 Å². The molecule has 1 aliphatic carbocycles. The van der Waals surface area contributed by atoms with Crippen LogP contribution in [0.3, 0.4) is 0 Å². The lowest BCUT2D eigenvalue weighted by Gasteiger charge is -2.24. The van der Waals surface area contributed by atoms with E-state index in [4.69, 9.17) is 4.74 Å². The summed E-state index contributed by atoms with van der Waals surface area (Å²) in [5.41, 5.74) is 0.445. The summed E-state index contributed by atoms with van der Waals surface area (Å²) in [4.78, 5) is 11.1.